The van der Waals surface area contributed by atoms with Gasteiger partial charge in [-0.2, -0.15) is 0 Å². The maximum absolute atomic E-state index is 10.0. The van der Waals surface area contributed by atoms with E-state index in [9.17, 15) is 4.79 Å². The molecule has 36 heavy (non-hydrogen) atoms. The van der Waals surface area contributed by atoms with E-state index in [1.165, 1.54) is 35.1 Å². The maximum atomic E-state index is 10.0. The first kappa shape index (κ1) is 25.5. The molecule has 3 aromatic heterocycles. The Morgan fingerprint density at radius 2 is 1.75 bits per heavy atom. The molecular weight excluding hydrogens is 647 g/mol. The molecular formula is C30H22IrNO3S-. The normalized spacial score (nSPS) is 11.2. The Kier molecular flexibility index (Phi) is 7.80. The van der Waals surface area contributed by atoms with Crippen molar-refractivity contribution in [2.24, 2.45) is 0 Å². The van der Waals surface area contributed by atoms with Crippen LogP contribution in [0.5, 0.6) is 0 Å². The molecule has 0 fully saturated rings. The molecule has 6 rings (SSSR count). The van der Waals surface area contributed by atoms with Crippen LogP contribution in [0.15, 0.2) is 101 Å². The van der Waals surface area contributed by atoms with Crippen LogP contribution in [0.25, 0.3) is 53.7 Å². The van der Waals surface area contributed by atoms with E-state index in [1.54, 1.807) is 11.3 Å². The summed E-state index contributed by atoms with van der Waals surface area (Å²) in [5, 5.41) is 11.7. The molecule has 3 aromatic carbocycles. The summed E-state index contributed by atoms with van der Waals surface area (Å²) in [6.07, 6.45) is 3.11. The average molecular weight is 669 g/mol. The molecule has 6 aromatic rings. The molecule has 0 saturated carbocycles. The van der Waals surface area contributed by atoms with E-state index in [1.807, 2.05) is 36.5 Å². The number of thiophene rings is 1. The molecule has 0 atom stereocenters. The Morgan fingerprint density at radius 3 is 2.47 bits per heavy atom. The number of aromatic nitrogens is 1. The number of furan rings is 1. The first-order valence-corrected chi connectivity index (χ1v) is 12.0. The third-order valence-electron chi connectivity index (χ3n) is 5.47. The number of para-hydroxylation sites is 1. The van der Waals surface area contributed by atoms with Gasteiger partial charge in [0, 0.05) is 52.7 Å². The first-order chi connectivity index (χ1) is 17.0. The van der Waals surface area contributed by atoms with E-state index in [0.717, 1.165) is 38.6 Å². The van der Waals surface area contributed by atoms with Crippen molar-refractivity contribution in [2.45, 2.75) is 13.8 Å². The van der Waals surface area contributed by atoms with Crippen LogP contribution in [0.4, 0.5) is 0 Å². The largest absolute Gasteiger partial charge is 0.512 e. The molecule has 0 aliphatic rings. The number of allylic oxidation sites excluding steroid dienone is 2. The van der Waals surface area contributed by atoms with Crippen molar-refractivity contribution in [1.82, 2.24) is 4.98 Å². The third kappa shape index (κ3) is 5.31. The van der Waals surface area contributed by atoms with Crippen molar-refractivity contribution in [1.29, 1.82) is 0 Å². The van der Waals surface area contributed by atoms with Gasteiger partial charge in [-0.3, -0.25) is 4.79 Å². The van der Waals surface area contributed by atoms with Gasteiger partial charge in [0.1, 0.15) is 5.58 Å². The second kappa shape index (κ2) is 11.0. The molecule has 181 valence electrons. The number of aliphatic hydroxyl groups is 1. The monoisotopic (exact) mass is 669 g/mol. The Bertz CT molecular complexity index is 1700. The smallest absolute Gasteiger partial charge is 0.155 e. The molecule has 0 amide bonds. The second-order valence-electron chi connectivity index (χ2n) is 8.17. The fourth-order valence-electron chi connectivity index (χ4n) is 3.99. The van der Waals surface area contributed by atoms with Crippen LogP contribution in [0, 0.1) is 6.07 Å². The van der Waals surface area contributed by atoms with Crippen molar-refractivity contribution >= 4 is 49.1 Å². The zero-order valence-corrected chi connectivity index (χ0v) is 22.8. The minimum atomic E-state index is -0.125. The Hall–Kier alpha value is -3.57. The zero-order chi connectivity index (χ0) is 24.4. The van der Waals surface area contributed by atoms with Crippen LogP contribution in [-0.2, 0) is 24.9 Å². The fourth-order valence-corrected chi connectivity index (χ4v) is 5.07. The van der Waals surface area contributed by atoms with Crippen molar-refractivity contribution in [2.75, 3.05) is 0 Å². The minimum absolute atomic E-state index is 0. The van der Waals surface area contributed by atoms with E-state index in [-0.39, 0.29) is 31.6 Å². The van der Waals surface area contributed by atoms with E-state index < -0.39 is 0 Å². The summed E-state index contributed by atoms with van der Waals surface area (Å²) in [7, 11) is 0. The van der Waals surface area contributed by atoms with Gasteiger partial charge in [-0.25, -0.2) is 0 Å². The number of ketones is 1. The number of fused-ring (bicyclic) bond motifs is 4. The van der Waals surface area contributed by atoms with Gasteiger partial charge >= 0.3 is 0 Å². The van der Waals surface area contributed by atoms with Crippen molar-refractivity contribution in [3.8, 4) is 21.7 Å². The molecule has 0 unspecified atom stereocenters. The summed E-state index contributed by atoms with van der Waals surface area (Å²) in [6, 6.07) is 30.3. The number of rotatable bonds is 3. The van der Waals surface area contributed by atoms with Gasteiger partial charge in [-0.15, -0.1) is 29.5 Å². The Morgan fingerprint density at radius 1 is 1.00 bits per heavy atom. The number of pyridine rings is 1. The van der Waals surface area contributed by atoms with Gasteiger partial charge in [0.05, 0.1) is 11.3 Å². The molecule has 0 bridgehead atoms. The van der Waals surface area contributed by atoms with Gasteiger partial charge in [-0.1, -0.05) is 65.5 Å². The molecule has 4 nitrogen and oxygen atoms in total. The molecule has 0 aliphatic carbocycles. The van der Waals surface area contributed by atoms with Gasteiger partial charge < -0.3 is 14.5 Å². The predicted octanol–water partition coefficient (Wildman–Crippen LogP) is 8.36. The SMILES string of the molecule is CC(=O)/C=C(/C)O.[Ir].[c-]1ccc2c(oc3ccccc32)c1-c1cc2sc(-c3ccccc3)cc2cn1. The van der Waals surface area contributed by atoms with E-state index in [2.05, 4.69) is 54.6 Å². The quantitative estimate of drug-likeness (QED) is 0.117. The number of aliphatic hydroxyl groups excluding tert-OH is 1. The molecule has 0 saturated heterocycles. The van der Waals surface area contributed by atoms with Crippen LogP contribution in [0.1, 0.15) is 13.8 Å². The summed E-state index contributed by atoms with van der Waals surface area (Å²) in [4.78, 5) is 16.0. The third-order valence-corrected chi connectivity index (χ3v) is 6.61. The summed E-state index contributed by atoms with van der Waals surface area (Å²) >= 11 is 1.79. The van der Waals surface area contributed by atoms with Crippen LogP contribution in [0.2, 0.25) is 0 Å². The number of hydrogen-bond acceptors (Lipinski definition) is 5. The van der Waals surface area contributed by atoms with E-state index >= 15 is 0 Å². The molecule has 3 heterocycles. The Labute approximate surface area is 226 Å². The average Bonchev–Trinajstić information content (AvgIpc) is 3.45. The fraction of sp³-hybridized carbons (Fsp3) is 0.0667. The molecule has 0 aliphatic heterocycles. The number of carbonyl (C=O) groups excluding carboxylic acids is 1. The van der Waals surface area contributed by atoms with Crippen molar-refractivity contribution < 1.29 is 34.4 Å². The molecule has 6 heteroatoms. The summed E-state index contributed by atoms with van der Waals surface area (Å²) in [6.45, 7) is 2.85. The van der Waals surface area contributed by atoms with Crippen LogP contribution in [-0.4, -0.2) is 15.9 Å². The van der Waals surface area contributed by atoms with Gasteiger partial charge in [0.25, 0.3) is 0 Å². The zero-order valence-electron chi connectivity index (χ0n) is 19.6. The van der Waals surface area contributed by atoms with Gasteiger partial charge in [0.15, 0.2) is 5.78 Å². The van der Waals surface area contributed by atoms with E-state index in [0.29, 0.717) is 0 Å². The summed E-state index contributed by atoms with van der Waals surface area (Å²) in [5.41, 5.74) is 4.76. The van der Waals surface area contributed by atoms with Crippen molar-refractivity contribution in [3.63, 3.8) is 0 Å². The maximum Gasteiger partial charge on any atom is 0.155 e. The first-order valence-electron chi connectivity index (χ1n) is 11.1. The van der Waals surface area contributed by atoms with Crippen molar-refractivity contribution in [3.05, 3.63) is 103 Å². The van der Waals surface area contributed by atoms with E-state index in [4.69, 9.17) is 14.5 Å². The number of carbonyl (C=O) groups is 1. The number of nitrogens with zero attached hydrogens (tertiary/aromatic N) is 1. The van der Waals surface area contributed by atoms with Gasteiger partial charge in [-0.05, 0) is 37.2 Å². The molecule has 1 N–H and O–H groups in total. The topological polar surface area (TPSA) is 63.3 Å². The Balaban J connectivity index is 0.000000338. The molecule has 1 radical (unpaired) electrons. The number of hydrogen-bond donors (Lipinski definition) is 1. The molecule has 0 spiro atoms. The second-order valence-corrected chi connectivity index (χ2v) is 9.26. The van der Waals surface area contributed by atoms with Crippen LogP contribution in [0.3, 0.4) is 0 Å². The van der Waals surface area contributed by atoms with Crippen LogP contribution >= 0.6 is 11.3 Å². The predicted molar refractivity (Wildman–Crippen MR) is 144 cm³/mol. The summed E-state index contributed by atoms with van der Waals surface area (Å²) < 4.78 is 7.37. The van der Waals surface area contributed by atoms with Crippen LogP contribution < -0.4 is 0 Å². The van der Waals surface area contributed by atoms with Gasteiger partial charge in [0.2, 0.25) is 0 Å². The summed E-state index contributed by atoms with van der Waals surface area (Å²) in [5.74, 6) is -0.0625. The number of benzene rings is 3. The minimum Gasteiger partial charge on any atom is -0.512 e. The standard InChI is InChI=1S/C25H14NOS.C5H8O2.Ir/c1-2-7-16(8-3-1)23-13-17-15-26-21(14-24(17)28-23)20-11-6-10-19-18-9-4-5-12-22(18)27-25(19)20;1-4(6)3-5(2)7;/h1-10,12-15H;3,6H,1-2H3;/q-1;;/b;4-3-;.